The molecule has 1 aromatic heterocycles. The number of rotatable bonds is 4. The highest BCUT2D eigenvalue weighted by atomic mass is 32.1. The van der Waals surface area contributed by atoms with Gasteiger partial charge in [-0.1, -0.05) is 42.5 Å². The molecule has 0 spiro atoms. The number of carbonyl (C=O) groups is 2. The van der Waals surface area contributed by atoms with Gasteiger partial charge in [-0.2, -0.15) is 0 Å². The summed E-state index contributed by atoms with van der Waals surface area (Å²) in [7, 11) is 0. The number of anilines is 1. The summed E-state index contributed by atoms with van der Waals surface area (Å²) in [5, 5.41) is 7.10. The largest absolute Gasteiger partial charge is 0.335 e. The van der Waals surface area contributed by atoms with Crippen molar-refractivity contribution in [2.75, 3.05) is 38.0 Å². The highest BCUT2D eigenvalue weighted by Crippen LogP contribution is 2.23. The third kappa shape index (κ3) is 4.02. The van der Waals surface area contributed by atoms with E-state index in [1.807, 2.05) is 64.9 Å². The average molecular weight is 379 g/mol. The lowest BCUT2D eigenvalue weighted by molar-refractivity contribution is -0.117. The van der Waals surface area contributed by atoms with Crippen LogP contribution in [0.15, 0.2) is 60.0 Å². The van der Waals surface area contributed by atoms with Crippen molar-refractivity contribution in [3.63, 3.8) is 0 Å². The summed E-state index contributed by atoms with van der Waals surface area (Å²) in [6, 6.07) is 17.7. The van der Waals surface area contributed by atoms with Gasteiger partial charge in [0, 0.05) is 37.3 Å². The van der Waals surface area contributed by atoms with Crippen LogP contribution in [-0.2, 0) is 4.79 Å². The molecule has 1 N–H and O–H groups in total. The van der Waals surface area contributed by atoms with E-state index in [2.05, 4.69) is 10.2 Å². The molecule has 1 saturated heterocycles. The van der Waals surface area contributed by atoms with Gasteiger partial charge in [0.2, 0.25) is 5.91 Å². The number of nitrogens with zero attached hydrogens (tertiary/aromatic N) is 2. The van der Waals surface area contributed by atoms with Crippen LogP contribution in [0.3, 0.4) is 0 Å². The SMILES string of the molecule is O=C(CN1CCN(C(=O)c2cccs2)CC1)Nc1cccc2ccccc12. The van der Waals surface area contributed by atoms with E-state index in [4.69, 9.17) is 0 Å². The van der Waals surface area contributed by atoms with Crippen molar-refractivity contribution in [1.29, 1.82) is 0 Å². The van der Waals surface area contributed by atoms with Gasteiger partial charge in [-0.05, 0) is 22.9 Å². The average Bonchev–Trinajstić information content (AvgIpc) is 3.23. The molecule has 6 heteroatoms. The van der Waals surface area contributed by atoms with E-state index in [1.54, 1.807) is 0 Å². The van der Waals surface area contributed by atoms with E-state index in [-0.39, 0.29) is 11.8 Å². The first-order chi connectivity index (χ1) is 13.2. The summed E-state index contributed by atoms with van der Waals surface area (Å²) >= 11 is 1.47. The number of piperazine rings is 1. The Morgan fingerprint density at radius 3 is 2.48 bits per heavy atom. The zero-order valence-electron chi connectivity index (χ0n) is 14.9. The highest BCUT2D eigenvalue weighted by Gasteiger charge is 2.23. The van der Waals surface area contributed by atoms with Crippen LogP contribution in [0.1, 0.15) is 9.67 Å². The number of hydrogen-bond donors (Lipinski definition) is 1. The van der Waals surface area contributed by atoms with Crippen LogP contribution >= 0.6 is 11.3 Å². The summed E-state index contributed by atoms with van der Waals surface area (Å²) in [4.78, 5) is 29.6. The van der Waals surface area contributed by atoms with Crippen LogP contribution in [0, 0.1) is 0 Å². The summed E-state index contributed by atoms with van der Waals surface area (Å²) in [5.41, 5.74) is 0.838. The maximum Gasteiger partial charge on any atom is 0.264 e. The third-order valence-electron chi connectivity index (χ3n) is 4.82. The van der Waals surface area contributed by atoms with Crippen LogP contribution in [-0.4, -0.2) is 54.3 Å². The van der Waals surface area contributed by atoms with Crippen molar-refractivity contribution < 1.29 is 9.59 Å². The van der Waals surface area contributed by atoms with Gasteiger partial charge in [0.05, 0.1) is 11.4 Å². The number of fused-ring (bicyclic) bond motifs is 1. The van der Waals surface area contributed by atoms with Crippen LogP contribution in [0.4, 0.5) is 5.69 Å². The fourth-order valence-corrected chi connectivity index (χ4v) is 4.08. The van der Waals surface area contributed by atoms with Crippen LogP contribution in [0.25, 0.3) is 10.8 Å². The van der Waals surface area contributed by atoms with E-state index < -0.39 is 0 Å². The Kier molecular flexibility index (Phi) is 5.18. The lowest BCUT2D eigenvalue weighted by Crippen LogP contribution is -2.50. The predicted molar refractivity (Wildman–Crippen MR) is 109 cm³/mol. The zero-order chi connectivity index (χ0) is 18.6. The third-order valence-corrected chi connectivity index (χ3v) is 5.68. The molecule has 0 radical (unpaired) electrons. The van der Waals surface area contributed by atoms with E-state index in [0.717, 1.165) is 21.3 Å². The molecule has 27 heavy (non-hydrogen) atoms. The molecule has 138 valence electrons. The number of hydrogen-bond acceptors (Lipinski definition) is 4. The second-order valence-corrected chi connectivity index (χ2v) is 7.57. The van der Waals surface area contributed by atoms with Crippen molar-refractivity contribution in [1.82, 2.24) is 9.80 Å². The van der Waals surface area contributed by atoms with Crippen molar-refractivity contribution in [2.24, 2.45) is 0 Å². The van der Waals surface area contributed by atoms with Crippen molar-refractivity contribution >= 4 is 39.6 Å². The molecule has 0 saturated carbocycles. The minimum absolute atomic E-state index is 0.0237. The summed E-state index contributed by atoms with van der Waals surface area (Å²) in [6.07, 6.45) is 0. The highest BCUT2D eigenvalue weighted by molar-refractivity contribution is 7.12. The van der Waals surface area contributed by atoms with Crippen molar-refractivity contribution in [3.8, 4) is 0 Å². The maximum atomic E-state index is 12.5. The standard InChI is InChI=1S/C21H21N3O2S/c25-20(22-18-8-3-6-16-5-1-2-7-17(16)18)15-23-10-12-24(13-11-23)21(26)19-9-4-14-27-19/h1-9,14H,10-13,15H2,(H,22,25). The summed E-state index contributed by atoms with van der Waals surface area (Å²) in [6.45, 7) is 3.06. The van der Waals surface area contributed by atoms with E-state index in [1.165, 1.54) is 11.3 Å². The Hall–Kier alpha value is -2.70. The molecule has 0 unspecified atom stereocenters. The quantitative estimate of drug-likeness (QED) is 0.757. The van der Waals surface area contributed by atoms with Gasteiger partial charge in [-0.15, -0.1) is 11.3 Å². The molecule has 3 aromatic rings. The summed E-state index contributed by atoms with van der Waals surface area (Å²) in [5.74, 6) is 0.0641. The number of amides is 2. The predicted octanol–water partition coefficient (Wildman–Crippen LogP) is 3.30. The number of benzene rings is 2. The molecule has 2 heterocycles. The van der Waals surface area contributed by atoms with Gasteiger partial charge >= 0.3 is 0 Å². The molecule has 1 aliphatic rings. The summed E-state index contributed by atoms with van der Waals surface area (Å²) < 4.78 is 0. The lowest BCUT2D eigenvalue weighted by atomic mass is 10.1. The molecule has 1 fully saturated rings. The smallest absolute Gasteiger partial charge is 0.264 e. The van der Waals surface area contributed by atoms with Gasteiger partial charge < -0.3 is 10.2 Å². The second kappa shape index (κ2) is 7.90. The van der Waals surface area contributed by atoms with Gasteiger partial charge in [0.15, 0.2) is 0 Å². The second-order valence-electron chi connectivity index (χ2n) is 6.62. The fraction of sp³-hybridized carbons (Fsp3) is 0.238. The first kappa shape index (κ1) is 17.7. The number of thiophene rings is 1. The maximum absolute atomic E-state index is 12.5. The number of carbonyl (C=O) groups excluding carboxylic acids is 2. The molecular formula is C21H21N3O2S. The molecule has 5 nitrogen and oxygen atoms in total. The normalized spacial score (nSPS) is 15.0. The molecular weight excluding hydrogens is 358 g/mol. The van der Waals surface area contributed by atoms with Gasteiger partial charge in [-0.3, -0.25) is 14.5 Å². The Bertz CT molecular complexity index is 942. The molecule has 0 atom stereocenters. The monoisotopic (exact) mass is 379 g/mol. The van der Waals surface area contributed by atoms with Crippen LogP contribution < -0.4 is 5.32 Å². The number of nitrogens with one attached hydrogen (secondary N) is 1. The molecule has 0 bridgehead atoms. The first-order valence-electron chi connectivity index (χ1n) is 9.03. The van der Waals surface area contributed by atoms with E-state index in [9.17, 15) is 9.59 Å². The molecule has 0 aliphatic carbocycles. The topological polar surface area (TPSA) is 52.7 Å². The van der Waals surface area contributed by atoms with Gasteiger partial charge in [0.25, 0.3) is 5.91 Å². The van der Waals surface area contributed by atoms with E-state index in [0.29, 0.717) is 32.7 Å². The molecule has 1 aliphatic heterocycles. The van der Waals surface area contributed by atoms with Crippen LogP contribution in [0.2, 0.25) is 0 Å². The Morgan fingerprint density at radius 1 is 0.926 bits per heavy atom. The van der Waals surface area contributed by atoms with E-state index >= 15 is 0 Å². The zero-order valence-corrected chi connectivity index (χ0v) is 15.7. The van der Waals surface area contributed by atoms with Crippen molar-refractivity contribution in [2.45, 2.75) is 0 Å². The molecule has 4 rings (SSSR count). The minimum Gasteiger partial charge on any atom is -0.335 e. The molecule has 2 amide bonds. The van der Waals surface area contributed by atoms with Gasteiger partial charge in [0.1, 0.15) is 0 Å². The lowest BCUT2D eigenvalue weighted by Gasteiger charge is -2.34. The Labute approximate surface area is 162 Å². The Morgan fingerprint density at radius 2 is 1.70 bits per heavy atom. The Balaban J connectivity index is 1.32. The minimum atomic E-state index is -0.0237. The van der Waals surface area contributed by atoms with Crippen LogP contribution in [0.5, 0.6) is 0 Å². The first-order valence-corrected chi connectivity index (χ1v) is 9.91. The van der Waals surface area contributed by atoms with Crippen molar-refractivity contribution in [3.05, 3.63) is 64.9 Å². The fourth-order valence-electron chi connectivity index (χ4n) is 3.39. The van der Waals surface area contributed by atoms with Gasteiger partial charge in [-0.25, -0.2) is 0 Å². The molecule has 2 aromatic carbocycles.